The fourth-order valence-corrected chi connectivity index (χ4v) is 10.0. The van der Waals surface area contributed by atoms with Crippen LogP contribution >= 0.6 is 0 Å². The van der Waals surface area contributed by atoms with E-state index < -0.39 is 0 Å². The second kappa shape index (κ2) is 20.7. The predicted molar refractivity (Wildman–Crippen MR) is 230 cm³/mol. The lowest BCUT2D eigenvalue weighted by Crippen LogP contribution is -2.38. The molecule has 0 spiro atoms. The quantitative estimate of drug-likeness (QED) is 0.136. The Hall–Kier alpha value is -2.13. The molecular formula is C50H82N2O. The van der Waals surface area contributed by atoms with Crippen LogP contribution < -0.4 is 0 Å². The molecule has 5 atom stereocenters. The van der Waals surface area contributed by atoms with Crippen molar-refractivity contribution < 1.29 is 4.79 Å². The Balaban J connectivity index is 1.79. The molecule has 53 heavy (non-hydrogen) atoms. The molecule has 4 rings (SSSR count). The highest BCUT2D eigenvalue weighted by Gasteiger charge is 2.33. The van der Waals surface area contributed by atoms with Crippen molar-refractivity contribution in [2.24, 2.45) is 35.5 Å². The van der Waals surface area contributed by atoms with Gasteiger partial charge in [-0.2, -0.15) is 0 Å². The number of hydrogen-bond donors (Lipinski definition) is 0. The standard InChI is InChI=1S/C50H82N2O/c1-34(2)27-45(52-26-16-17-50(52)53)31-43(32-48(38(9)10)41-20-18-40(19-21-41)47(37(7)8)28-35(3)4)42-22-23-46(49(39(11)12)29-36(5)6)44(30-42)33-51-24-14-13-15-25-51/h18-23,30,34-39,43,45,47-49H,13-17,24-29,31-33H2,1-12H3. The van der Waals surface area contributed by atoms with Crippen molar-refractivity contribution in [3.8, 4) is 0 Å². The maximum atomic E-state index is 13.3. The van der Waals surface area contributed by atoms with Crippen LogP contribution in [0.1, 0.15) is 199 Å². The van der Waals surface area contributed by atoms with Crippen LogP contribution in [-0.2, 0) is 11.3 Å². The molecule has 2 heterocycles. The van der Waals surface area contributed by atoms with Crippen LogP contribution in [0.4, 0.5) is 0 Å². The molecule has 2 aromatic carbocycles. The molecule has 2 saturated heterocycles. The molecule has 0 bridgehead atoms. The van der Waals surface area contributed by atoms with E-state index >= 15 is 0 Å². The number of benzene rings is 2. The molecule has 298 valence electrons. The largest absolute Gasteiger partial charge is 0.340 e. The van der Waals surface area contributed by atoms with Crippen molar-refractivity contribution in [1.82, 2.24) is 9.80 Å². The van der Waals surface area contributed by atoms with Crippen LogP contribution in [-0.4, -0.2) is 41.4 Å². The summed E-state index contributed by atoms with van der Waals surface area (Å²) >= 11 is 0. The van der Waals surface area contributed by atoms with E-state index in [0.717, 1.165) is 45.2 Å². The molecule has 0 aromatic heterocycles. The summed E-state index contributed by atoms with van der Waals surface area (Å²) in [5.74, 6) is 6.10. The molecule has 3 heteroatoms. The topological polar surface area (TPSA) is 23.6 Å². The van der Waals surface area contributed by atoms with Crippen molar-refractivity contribution >= 4 is 5.91 Å². The molecule has 2 aromatic rings. The van der Waals surface area contributed by atoms with Gasteiger partial charge in [-0.05, 0) is 151 Å². The van der Waals surface area contributed by atoms with Crippen molar-refractivity contribution in [2.45, 2.75) is 184 Å². The van der Waals surface area contributed by atoms with Gasteiger partial charge in [-0.25, -0.2) is 0 Å². The Bertz CT molecular complexity index is 1360. The molecule has 5 unspecified atom stereocenters. The summed E-state index contributed by atoms with van der Waals surface area (Å²) < 4.78 is 0. The third kappa shape index (κ3) is 12.7. The summed E-state index contributed by atoms with van der Waals surface area (Å²) in [6.07, 6.45) is 11.5. The third-order valence-electron chi connectivity index (χ3n) is 12.9. The van der Waals surface area contributed by atoms with Gasteiger partial charge >= 0.3 is 0 Å². The average molecular weight is 727 g/mol. The zero-order valence-corrected chi connectivity index (χ0v) is 36.6. The molecule has 1 amide bonds. The number of nitrogens with zero attached hydrogens (tertiary/aromatic N) is 2. The second-order valence-electron chi connectivity index (χ2n) is 19.9. The lowest BCUT2D eigenvalue weighted by molar-refractivity contribution is -0.130. The molecule has 2 aliphatic rings. The zero-order chi connectivity index (χ0) is 38.8. The monoisotopic (exact) mass is 727 g/mol. The lowest BCUT2D eigenvalue weighted by Gasteiger charge is -2.36. The van der Waals surface area contributed by atoms with Gasteiger partial charge in [0, 0.05) is 25.6 Å². The maximum Gasteiger partial charge on any atom is 0.222 e. The summed E-state index contributed by atoms with van der Waals surface area (Å²) in [5, 5.41) is 0. The van der Waals surface area contributed by atoms with Gasteiger partial charge in [0.15, 0.2) is 0 Å². The summed E-state index contributed by atoms with van der Waals surface area (Å²) in [5.41, 5.74) is 7.65. The normalized spacial score (nSPS) is 19.0. The van der Waals surface area contributed by atoms with Crippen molar-refractivity contribution in [3.63, 3.8) is 0 Å². The fourth-order valence-electron chi connectivity index (χ4n) is 10.0. The highest BCUT2D eigenvalue weighted by molar-refractivity contribution is 5.78. The summed E-state index contributed by atoms with van der Waals surface area (Å²) in [6, 6.07) is 17.9. The molecule has 0 radical (unpaired) electrons. The van der Waals surface area contributed by atoms with Crippen molar-refractivity contribution in [1.29, 1.82) is 0 Å². The Kier molecular flexibility index (Phi) is 17.0. The average Bonchev–Trinajstić information content (AvgIpc) is 3.53. The first kappa shape index (κ1) is 43.6. The Labute approximate surface area is 328 Å². The van der Waals surface area contributed by atoms with Gasteiger partial charge in [-0.1, -0.05) is 132 Å². The van der Waals surface area contributed by atoms with Crippen LogP contribution in [0.15, 0.2) is 42.5 Å². The molecule has 3 nitrogen and oxygen atoms in total. The first-order valence-corrected chi connectivity index (χ1v) is 22.4. The first-order chi connectivity index (χ1) is 25.1. The maximum absolute atomic E-state index is 13.3. The minimum absolute atomic E-state index is 0.294. The fraction of sp³-hybridized carbons (Fsp3) is 0.740. The summed E-state index contributed by atoms with van der Waals surface area (Å²) in [4.78, 5) is 18.4. The van der Waals surface area contributed by atoms with Crippen LogP contribution in [0.25, 0.3) is 0 Å². The van der Waals surface area contributed by atoms with Gasteiger partial charge < -0.3 is 4.90 Å². The van der Waals surface area contributed by atoms with Crippen LogP contribution in [0.3, 0.4) is 0 Å². The number of carbonyl (C=O) groups excluding carboxylic acids is 1. The SMILES string of the molecule is CC(C)CC(c1ccc(C(CC(CC(CC(C)C)N2CCCC2=O)c2ccc(C(CC(C)C)C(C)C)c(CN3CCCCC3)c2)C(C)C)cc1)C(C)C. The van der Waals surface area contributed by atoms with E-state index in [1.165, 1.54) is 61.9 Å². The predicted octanol–water partition coefficient (Wildman–Crippen LogP) is 13.6. The number of likely N-dealkylation sites (tertiary alicyclic amines) is 2. The molecule has 2 fully saturated rings. The van der Waals surface area contributed by atoms with E-state index in [-0.39, 0.29) is 0 Å². The zero-order valence-electron chi connectivity index (χ0n) is 36.6. The van der Waals surface area contributed by atoms with E-state index in [1.807, 2.05) is 0 Å². The van der Waals surface area contributed by atoms with Crippen molar-refractivity contribution in [2.75, 3.05) is 19.6 Å². The van der Waals surface area contributed by atoms with Gasteiger partial charge in [-0.15, -0.1) is 0 Å². The van der Waals surface area contributed by atoms with E-state index in [4.69, 9.17) is 0 Å². The van der Waals surface area contributed by atoms with E-state index in [9.17, 15) is 4.79 Å². The summed E-state index contributed by atoms with van der Waals surface area (Å²) in [6.45, 7) is 33.1. The summed E-state index contributed by atoms with van der Waals surface area (Å²) in [7, 11) is 0. The van der Waals surface area contributed by atoms with Gasteiger partial charge in [0.2, 0.25) is 5.91 Å². The smallest absolute Gasteiger partial charge is 0.222 e. The molecule has 0 aliphatic carbocycles. The van der Waals surface area contributed by atoms with E-state index in [0.29, 0.717) is 71.1 Å². The van der Waals surface area contributed by atoms with Crippen LogP contribution in [0, 0.1) is 35.5 Å². The highest BCUT2D eigenvalue weighted by atomic mass is 16.2. The van der Waals surface area contributed by atoms with Gasteiger partial charge in [0.1, 0.15) is 0 Å². The third-order valence-corrected chi connectivity index (χ3v) is 12.9. The molecule has 2 aliphatic heterocycles. The van der Waals surface area contributed by atoms with Gasteiger partial charge in [0.05, 0.1) is 0 Å². The van der Waals surface area contributed by atoms with Crippen molar-refractivity contribution in [3.05, 3.63) is 70.3 Å². The molecule has 0 N–H and O–H groups in total. The van der Waals surface area contributed by atoms with E-state index in [2.05, 4.69) is 135 Å². The Morgan fingerprint density at radius 3 is 1.53 bits per heavy atom. The number of piperidine rings is 1. The Morgan fingerprint density at radius 2 is 1.04 bits per heavy atom. The Morgan fingerprint density at radius 1 is 0.528 bits per heavy atom. The minimum Gasteiger partial charge on any atom is -0.340 e. The number of rotatable bonds is 20. The van der Waals surface area contributed by atoms with Gasteiger partial charge in [0.25, 0.3) is 0 Å². The number of hydrogen-bond acceptors (Lipinski definition) is 2. The number of carbonyl (C=O) groups is 1. The first-order valence-electron chi connectivity index (χ1n) is 22.4. The molecule has 0 saturated carbocycles. The van der Waals surface area contributed by atoms with Gasteiger partial charge in [-0.3, -0.25) is 9.69 Å². The highest BCUT2D eigenvalue weighted by Crippen LogP contribution is 2.42. The lowest BCUT2D eigenvalue weighted by atomic mass is 9.74. The number of amides is 1. The molecular weight excluding hydrogens is 645 g/mol. The minimum atomic E-state index is 0.294. The van der Waals surface area contributed by atoms with Crippen LogP contribution in [0.2, 0.25) is 0 Å². The van der Waals surface area contributed by atoms with E-state index in [1.54, 1.807) is 11.1 Å². The van der Waals surface area contributed by atoms with Crippen LogP contribution in [0.5, 0.6) is 0 Å². The second-order valence-corrected chi connectivity index (χ2v) is 19.9.